The molecule has 0 aliphatic carbocycles. The number of hydrogen-bond donors (Lipinski definition) is 1. The second-order valence-electron chi connectivity index (χ2n) is 4.57. The lowest BCUT2D eigenvalue weighted by Crippen LogP contribution is -2.30. The number of thioether (sulfide) groups is 1. The van der Waals surface area contributed by atoms with Crippen LogP contribution in [0.25, 0.3) is 4.96 Å². The molecule has 0 spiro atoms. The van der Waals surface area contributed by atoms with E-state index in [1.807, 2.05) is 18.8 Å². The van der Waals surface area contributed by atoms with Crippen molar-refractivity contribution in [3.63, 3.8) is 0 Å². The monoisotopic (exact) mass is 283 g/mol. The van der Waals surface area contributed by atoms with Crippen LogP contribution in [0, 0.1) is 0 Å². The van der Waals surface area contributed by atoms with Gasteiger partial charge in [-0.2, -0.15) is 11.8 Å². The highest BCUT2D eigenvalue weighted by atomic mass is 32.2. The van der Waals surface area contributed by atoms with Crippen LogP contribution >= 0.6 is 23.1 Å². The third-order valence-corrected chi connectivity index (χ3v) is 5.43. The number of fused-ring (bicyclic) bond motifs is 1. The predicted octanol–water partition coefficient (Wildman–Crippen LogP) is 3.06. The molecule has 2 rings (SSSR count). The highest BCUT2D eigenvalue weighted by molar-refractivity contribution is 7.99. The number of aromatic nitrogens is 2. The molecule has 0 bridgehead atoms. The van der Waals surface area contributed by atoms with Gasteiger partial charge in [0.05, 0.1) is 5.69 Å². The maximum absolute atomic E-state index is 4.64. The molecule has 18 heavy (non-hydrogen) atoms. The van der Waals surface area contributed by atoms with E-state index in [0.717, 1.165) is 22.4 Å². The zero-order valence-electron chi connectivity index (χ0n) is 11.2. The molecule has 0 fully saturated rings. The van der Waals surface area contributed by atoms with E-state index in [0.29, 0.717) is 6.04 Å². The third-order valence-electron chi connectivity index (χ3n) is 3.16. The molecule has 1 N–H and O–H groups in total. The van der Waals surface area contributed by atoms with Crippen LogP contribution in [0.5, 0.6) is 0 Å². The molecule has 2 aromatic heterocycles. The van der Waals surface area contributed by atoms with Crippen LogP contribution in [0.1, 0.15) is 26.0 Å². The summed E-state index contributed by atoms with van der Waals surface area (Å²) in [6.45, 7) is 4.54. The molecule has 2 heterocycles. The SMILES string of the molecule is CCC(C)SCC(Cc1cn2ccsc2n1)NC. The van der Waals surface area contributed by atoms with Crippen LogP contribution < -0.4 is 5.32 Å². The maximum atomic E-state index is 4.64. The molecule has 2 atom stereocenters. The average Bonchev–Trinajstić information content (AvgIpc) is 2.94. The summed E-state index contributed by atoms with van der Waals surface area (Å²) in [7, 11) is 2.04. The highest BCUT2D eigenvalue weighted by Crippen LogP contribution is 2.17. The Hall–Kier alpha value is -0.520. The summed E-state index contributed by atoms with van der Waals surface area (Å²) in [6.07, 6.45) is 6.46. The molecule has 5 heteroatoms. The van der Waals surface area contributed by atoms with Gasteiger partial charge >= 0.3 is 0 Å². The van der Waals surface area contributed by atoms with Gasteiger partial charge in [0.1, 0.15) is 0 Å². The third kappa shape index (κ3) is 3.49. The number of likely N-dealkylation sites (N-methyl/N-ethyl adjacent to an activating group) is 1. The summed E-state index contributed by atoms with van der Waals surface area (Å²) >= 11 is 3.73. The number of nitrogens with one attached hydrogen (secondary N) is 1. The topological polar surface area (TPSA) is 29.3 Å². The molecule has 2 aromatic rings. The standard InChI is InChI=1S/C13H21N3S2/c1-4-10(2)18-9-12(14-3)7-11-8-16-5-6-17-13(16)15-11/h5-6,8,10,12,14H,4,7,9H2,1-3H3. The summed E-state index contributed by atoms with van der Waals surface area (Å²) in [6, 6.07) is 0.508. The first-order valence-corrected chi connectivity index (χ1v) is 8.35. The summed E-state index contributed by atoms with van der Waals surface area (Å²) in [5.74, 6) is 1.15. The lowest BCUT2D eigenvalue weighted by Gasteiger charge is -2.16. The van der Waals surface area contributed by atoms with Gasteiger partial charge in [0.25, 0.3) is 0 Å². The van der Waals surface area contributed by atoms with Crippen molar-refractivity contribution in [2.75, 3.05) is 12.8 Å². The second-order valence-corrected chi connectivity index (χ2v) is 6.91. The smallest absolute Gasteiger partial charge is 0.193 e. The molecule has 0 aliphatic rings. The molecule has 0 saturated carbocycles. The fourth-order valence-electron chi connectivity index (χ4n) is 1.77. The number of hydrogen-bond acceptors (Lipinski definition) is 4. The van der Waals surface area contributed by atoms with E-state index in [1.165, 1.54) is 12.1 Å². The predicted molar refractivity (Wildman–Crippen MR) is 81.8 cm³/mol. The molecule has 0 saturated heterocycles. The molecule has 100 valence electrons. The minimum atomic E-state index is 0.508. The van der Waals surface area contributed by atoms with E-state index in [1.54, 1.807) is 11.3 Å². The molecule has 2 unspecified atom stereocenters. The fraction of sp³-hybridized carbons (Fsp3) is 0.615. The number of nitrogens with zero attached hydrogens (tertiary/aromatic N) is 2. The van der Waals surface area contributed by atoms with Gasteiger partial charge in [-0.25, -0.2) is 4.98 Å². The molecule has 0 aliphatic heterocycles. The van der Waals surface area contributed by atoms with Crippen LogP contribution in [0.2, 0.25) is 0 Å². The summed E-state index contributed by atoms with van der Waals surface area (Å²) in [5.41, 5.74) is 1.19. The Morgan fingerprint density at radius 2 is 2.39 bits per heavy atom. The van der Waals surface area contributed by atoms with Crippen LogP contribution in [0.3, 0.4) is 0 Å². The molecular weight excluding hydrogens is 262 g/mol. The molecular formula is C13H21N3S2. The fourth-order valence-corrected chi connectivity index (χ4v) is 3.57. The van der Waals surface area contributed by atoms with Crippen LogP contribution in [-0.2, 0) is 6.42 Å². The van der Waals surface area contributed by atoms with Crippen LogP contribution in [0.4, 0.5) is 0 Å². The molecule has 0 aromatic carbocycles. The highest BCUT2D eigenvalue weighted by Gasteiger charge is 2.12. The first-order chi connectivity index (χ1) is 8.72. The summed E-state index contributed by atoms with van der Waals surface area (Å²) < 4.78 is 2.11. The van der Waals surface area contributed by atoms with Crippen LogP contribution in [0.15, 0.2) is 17.8 Å². The van der Waals surface area contributed by atoms with Gasteiger partial charge in [-0.15, -0.1) is 11.3 Å². The van der Waals surface area contributed by atoms with Crippen molar-refractivity contribution in [2.45, 2.75) is 38.0 Å². The van der Waals surface area contributed by atoms with Gasteiger partial charge in [-0.3, -0.25) is 4.40 Å². The number of imidazole rings is 1. The van der Waals surface area contributed by atoms with E-state index in [9.17, 15) is 0 Å². The lowest BCUT2D eigenvalue weighted by molar-refractivity contribution is 0.609. The minimum Gasteiger partial charge on any atom is -0.316 e. The largest absolute Gasteiger partial charge is 0.316 e. The second kappa shape index (κ2) is 6.59. The van der Waals surface area contributed by atoms with Crippen molar-refractivity contribution in [3.8, 4) is 0 Å². The Bertz CT molecular complexity index is 449. The van der Waals surface area contributed by atoms with E-state index in [-0.39, 0.29) is 0 Å². The van der Waals surface area contributed by atoms with Crippen molar-refractivity contribution in [1.29, 1.82) is 0 Å². The Morgan fingerprint density at radius 1 is 1.56 bits per heavy atom. The Balaban J connectivity index is 1.91. The van der Waals surface area contributed by atoms with E-state index >= 15 is 0 Å². The van der Waals surface area contributed by atoms with Crippen molar-refractivity contribution in [1.82, 2.24) is 14.7 Å². The first-order valence-electron chi connectivity index (χ1n) is 6.42. The Kier molecular flexibility index (Phi) is 5.09. The van der Waals surface area contributed by atoms with Crippen molar-refractivity contribution >= 4 is 28.1 Å². The zero-order chi connectivity index (χ0) is 13.0. The van der Waals surface area contributed by atoms with Crippen molar-refractivity contribution in [2.24, 2.45) is 0 Å². The lowest BCUT2D eigenvalue weighted by atomic mass is 10.2. The van der Waals surface area contributed by atoms with Gasteiger partial charge in [0.15, 0.2) is 4.96 Å². The van der Waals surface area contributed by atoms with E-state index in [4.69, 9.17) is 0 Å². The molecule has 0 amide bonds. The van der Waals surface area contributed by atoms with Crippen LogP contribution in [-0.4, -0.2) is 33.5 Å². The van der Waals surface area contributed by atoms with Gasteiger partial charge < -0.3 is 5.32 Å². The number of thiazole rings is 1. The minimum absolute atomic E-state index is 0.508. The summed E-state index contributed by atoms with van der Waals surface area (Å²) in [5, 5.41) is 6.21. The van der Waals surface area contributed by atoms with E-state index < -0.39 is 0 Å². The van der Waals surface area contributed by atoms with Gasteiger partial charge in [0.2, 0.25) is 0 Å². The van der Waals surface area contributed by atoms with Gasteiger partial charge in [0, 0.05) is 41.2 Å². The Morgan fingerprint density at radius 3 is 3.06 bits per heavy atom. The van der Waals surface area contributed by atoms with Gasteiger partial charge in [-0.05, 0) is 13.5 Å². The molecule has 0 radical (unpaired) electrons. The van der Waals surface area contributed by atoms with Crippen molar-refractivity contribution in [3.05, 3.63) is 23.5 Å². The van der Waals surface area contributed by atoms with Crippen molar-refractivity contribution < 1.29 is 0 Å². The summed E-state index contributed by atoms with van der Waals surface area (Å²) in [4.78, 5) is 5.73. The molecule has 3 nitrogen and oxygen atoms in total. The van der Waals surface area contributed by atoms with E-state index in [2.05, 4.69) is 46.3 Å². The zero-order valence-corrected chi connectivity index (χ0v) is 12.9. The Labute approximate surface area is 117 Å². The average molecular weight is 283 g/mol. The maximum Gasteiger partial charge on any atom is 0.193 e. The number of rotatable bonds is 7. The first kappa shape index (κ1) is 13.9. The normalized spacial score (nSPS) is 15.1. The van der Waals surface area contributed by atoms with Gasteiger partial charge in [-0.1, -0.05) is 13.8 Å². The quantitative estimate of drug-likeness (QED) is 0.847.